The second-order valence-electron chi connectivity index (χ2n) is 2.93. The van der Waals surface area contributed by atoms with Gasteiger partial charge in [-0.1, -0.05) is 5.16 Å². The Morgan fingerprint density at radius 2 is 2.27 bits per heavy atom. The molecule has 0 saturated carbocycles. The summed E-state index contributed by atoms with van der Waals surface area (Å²) < 4.78 is 2.79. The van der Waals surface area contributed by atoms with E-state index in [9.17, 15) is 0 Å². The van der Waals surface area contributed by atoms with Gasteiger partial charge in [-0.25, -0.2) is 4.98 Å². The van der Waals surface area contributed by atoms with Crippen LogP contribution in [0, 0.1) is 0 Å². The second kappa shape index (κ2) is 4.27. The molecule has 4 nitrogen and oxygen atoms in total. The van der Waals surface area contributed by atoms with E-state index in [-0.39, 0.29) is 0 Å². The van der Waals surface area contributed by atoms with Crippen LogP contribution in [-0.2, 0) is 0 Å². The molecule has 0 bridgehead atoms. The summed E-state index contributed by atoms with van der Waals surface area (Å²) in [5.74, 6) is 0.816. The normalized spacial score (nSPS) is 11.0. The van der Waals surface area contributed by atoms with Crippen LogP contribution in [0.4, 0.5) is 0 Å². The molecule has 2 aromatic rings. The lowest BCUT2D eigenvalue weighted by Crippen LogP contribution is -1.92. The van der Waals surface area contributed by atoms with Crippen LogP contribution in [0.5, 0.6) is 0 Å². The number of hydrogen-bond donors (Lipinski definition) is 1. The Kier molecular flexibility index (Phi) is 2.82. The van der Waals surface area contributed by atoms with E-state index in [1.807, 2.05) is 35.2 Å². The van der Waals surface area contributed by atoms with E-state index in [0.29, 0.717) is 0 Å². The molecule has 76 valence electrons. The highest BCUT2D eigenvalue weighted by atomic mass is 79.9. The van der Waals surface area contributed by atoms with Gasteiger partial charge < -0.3 is 9.77 Å². The van der Waals surface area contributed by atoms with Gasteiger partial charge in [-0.3, -0.25) is 0 Å². The van der Waals surface area contributed by atoms with Crippen LogP contribution in [0.3, 0.4) is 0 Å². The Balaban J connectivity index is 2.33. The van der Waals surface area contributed by atoms with Gasteiger partial charge in [0, 0.05) is 28.6 Å². The summed E-state index contributed by atoms with van der Waals surface area (Å²) in [6, 6.07) is 5.65. The number of hydrogen-bond acceptors (Lipinski definition) is 3. The molecule has 2 heterocycles. The van der Waals surface area contributed by atoms with Crippen LogP contribution in [0.2, 0.25) is 0 Å². The summed E-state index contributed by atoms with van der Waals surface area (Å²) in [4.78, 5) is 4.23. The van der Waals surface area contributed by atoms with E-state index < -0.39 is 0 Å². The lowest BCUT2D eigenvalue weighted by molar-refractivity contribution is 0.322. The van der Waals surface area contributed by atoms with Crippen LogP contribution < -0.4 is 0 Å². The molecule has 0 aliphatic heterocycles. The molecule has 2 aromatic heterocycles. The molecule has 0 fully saturated rings. The number of aromatic nitrogens is 2. The summed E-state index contributed by atoms with van der Waals surface area (Å²) in [7, 11) is 0. The molecule has 0 aliphatic carbocycles. The van der Waals surface area contributed by atoms with Gasteiger partial charge >= 0.3 is 0 Å². The second-order valence-corrected chi connectivity index (χ2v) is 3.85. The van der Waals surface area contributed by atoms with Crippen molar-refractivity contribution >= 4 is 22.1 Å². The molecule has 5 heteroatoms. The molecule has 0 amide bonds. The Hall–Kier alpha value is -1.62. The van der Waals surface area contributed by atoms with E-state index >= 15 is 0 Å². The third kappa shape index (κ3) is 2.24. The zero-order valence-corrected chi connectivity index (χ0v) is 9.29. The molecule has 0 radical (unpaired) electrons. The van der Waals surface area contributed by atoms with Crippen LogP contribution in [-0.4, -0.2) is 21.0 Å². The van der Waals surface area contributed by atoms with E-state index in [1.165, 1.54) is 6.21 Å². The molecule has 0 spiro atoms. The van der Waals surface area contributed by atoms with Crippen LogP contribution >= 0.6 is 15.9 Å². The Bertz CT molecular complexity index is 476. The van der Waals surface area contributed by atoms with Crippen LogP contribution in [0.25, 0.3) is 5.82 Å². The monoisotopic (exact) mass is 265 g/mol. The molecule has 0 unspecified atom stereocenters. The number of pyridine rings is 1. The summed E-state index contributed by atoms with van der Waals surface area (Å²) in [6.45, 7) is 0. The first-order valence-electron chi connectivity index (χ1n) is 4.27. The Morgan fingerprint density at radius 1 is 1.40 bits per heavy atom. The summed E-state index contributed by atoms with van der Waals surface area (Å²) in [5, 5.41) is 11.3. The van der Waals surface area contributed by atoms with Crippen molar-refractivity contribution in [1.82, 2.24) is 9.55 Å². The molecular formula is C10H8BrN3O. The van der Waals surface area contributed by atoms with Gasteiger partial charge in [-0.15, -0.1) is 0 Å². The van der Waals surface area contributed by atoms with Crippen LogP contribution in [0.1, 0.15) is 5.56 Å². The highest BCUT2D eigenvalue weighted by molar-refractivity contribution is 9.10. The fourth-order valence-corrected chi connectivity index (χ4v) is 1.45. The lowest BCUT2D eigenvalue weighted by atomic mass is 10.4. The van der Waals surface area contributed by atoms with E-state index in [0.717, 1.165) is 15.9 Å². The van der Waals surface area contributed by atoms with E-state index in [2.05, 4.69) is 26.1 Å². The Morgan fingerprint density at radius 3 is 2.93 bits per heavy atom. The van der Waals surface area contributed by atoms with Crippen molar-refractivity contribution in [3.8, 4) is 5.82 Å². The molecule has 0 aliphatic rings. The van der Waals surface area contributed by atoms with Gasteiger partial charge in [0.1, 0.15) is 5.82 Å². The molecule has 15 heavy (non-hydrogen) atoms. The zero-order chi connectivity index (χ0) is 10.7. The lowest BCUT2D eigenvalue weighted by Gasteiger charge is -2.00. The maximum atomic E-state index is 8.37. The summed E-state index contributed by atoms with van der Waals surface area (Å²) >= 11 is 3.32. The highest BCUT2D eigenvalue weighted by Gasteiger charge is 1.98. The van der Waals surface area contributed by atoms with Crippen LogP contribution in [0.15, 0.2) is 46.4 Å². The molecule has 0 saturated heterocycles. The van der Waals surface area contributed by atoms with Crippen molar-refractivity contribution in [3.63, 3.8) is 0 Å². The zero-order valence-electron chi connectivity index (χ0n) is 7.71. The highest BCUT2D eigenvalue weighted by Crippen LogP contribution is 2.11. The van der Waals surface area contributed by atoms with Gasteiger partial charge in [0.2, 0.25) is 0 Å². The SMILES string of the molecule is ON=Cc1ccn(-c2ccc(Br)cn2)c1. The van der Waals surface area contributed by atoms with Gasteiger partial charge in [-0.05, 0) is 34.1 Å². The van der Waals surface area contributed by atoms with Crippen molar-refractivity contribution in [2.45, 2.75) is 0 Å². The van der Waals surface area contributed by atoms with Gasteiger partial charge in [0.05, 0.1) is 6.21 Å². The minimum absolute atomic E-state index is 0.816. The largest absolute Gasteiger partial charge is 0.411 e. The molecular weight excluding hydrogens is 258 g/mol. The first kappa shape index (κ1) is 9.92. The minimum atomic E-state index is 0.816. The van der Waals surface area contributed by atoms with Crippen molar-refractivity contribution in [2.75, 3.05) is 0 Å². The average molecular weight is 266 g/mol. The first-order valence-corrected chi connectivity index (χ1v) is 5.06. The third-order valence-electron chi connectivity index (χ3n) is 1.90. The number of oxime groups is 1. The maximum absolute atomic E-state index is 8.37. The van der Waals surface area contributed by atoms with Crippen molar-refractivity contribution in [3.05, 3.63) is 46.8 Å². The average Bonchev–Trinajstić information content (AvgIpc) is 2.68. The predicted octanol–water partition coefficient (Wildman–Crippen LogP) is 2.44. The van der Waals surface area contributed by atoms with Gasteiger partial charge in [0.15, 0.2) is 0 Å². The fraction of sp³-hybridized carbons (Fsp3) is 0. The fourth-order valence-electron chi connectivity index (χ4n) is 1.22. The van der Waals surface area contributed by atoms with Crippen molar-refractivity contribution in [1.29, 1.82) is 0 Å². The topological polar surface area (TPSA) is 50.4 Å². The quantitative estimate of drug-likeness (QED) is 0.515. The third-order valence-corrected chi connectivity index (χ3v) is 2.37. The molecule has 0 atom stereocenters. The number of rotatable bonds is 2. The molecule has 2 rings (SSSR count). The summed E-state index contributed by atoms with van der Waals surface area (Å²) in [5.41, 5.74) is 0.821. The van der Waals surface area contributed by atoms with Crippen molar-refractivity contribution in [2.24, 2.45) is 5.16 Å². The van der Waals surface area contributed by atoms with Crippen molar-refractivity contribution < 1.29 is 5.21 Å². The van der Waals surface area contributed by atoms with Gasteiger partial charge in [-0.2, -0.15) is 0 Å². The smallest absolute Gasteiger partial charge is 0.136 e. The standard InChI is InChI=1S/C10H8BrN3O/c11-9-1-2-10(12-6-9)14-4-3-8(7-14)5-13-15/h1-7,15H. The Labute approximate surface area is 95.0 Å². The predicted molar refractivity (Wildman–Crippen MR) is 60.6 cm³/mol. The summed E-state index contributed by atoms with van der Waals surface area (Å²) in [6.07, 6.45) is 6.79. The number of nitrogens with zero attached hydrogens (tertiary/aromatic N) is 3. The number of halogens is 1. The minimum Gasteiger partial charge on any atom is -0.411 e. The van der Waals surface area contributed by atoms with Gasteiger partial charge in [0.25, 0.3) is 0 Å². The first-order chi connectivity index (χ1) is 7.29. The molecule has 0 aromatic carbocycles. The van der Waals surface area contributed by atoms with E-state index in [1.54, 1.807) is 6.20 Å². The molecule has 1 N–H and O–H groups in total. The van der Waals surface area contributed by atoms with E-state index in [4.69, 9.17) is 5.21 Å². The maximum Gasteiger partial charge on any atom is 0.136 e.